The molecule has 7 aliphatic rings. The molecule has 11 N–H and O–H groups in total. The summed E-state index contributed by atoms with van der Waals surface area (Å²) in [7, 11) is 0. The Morgan fingerprint density at radius 3 is 0.897 bits per heavy atom. The molecule has 0 radical (unpaired) electrons. The van der Waals surface area contributed by atoms with E-state index in [4.69, 9.17) is 151 Å². The highest BCUT2D eigenvalue weighted by Crippen LogP contribution is 2.53. The molecule has 1 heterocycles. The van der Waals surface area contributed by atoms with Gasteiger partial charge in [-0.1, -0.05) is 242 Å². The number of hydrogen-bond acceptors (Lipinski definition) is 10. The van der Waals surface area contributed by atoms with Gasteiger partial charge in [0.05, 0.1) is 112 Å². The fourth-order valence-electron chi connectivity index (χ4n) is 16.2. The number of rotatable bonds is 25. The molecule has 0 spiro atoms. The molecule has 7 aromatic carbocycles. The smallest absolute Gasteiger partial charge is 0.261 e. The highest BCUT2D eigenvalue weighted by Gasteiger charge is 2.51. The first-order valence-corrected chi connectivity index (χ1v) is 44.0. The Bertz CT molecular complexity index is 4370. The van der Waals surface area contributed by atoms with Gasteiger partial charge in [-0.15, -0.1) is 0 Å². The van der Waals surface area contributed by atoms with Gasteiger partial charge in [0, 0.05) is 22.8 Å². The van der Waals surface area contributed by atoms with Crippen molar-refractivity contribution >= 4 is 184 Å². The van der Waals surface area contributed by atoms with Crippen LogP contribution in [-0.2, 0) is 46.9 Å². The molecular formula is C86H96BrCl14F2N5O8. The first-order valence-electron chi connectivity index (χ1n) is 38.3. The monoisotopic (exact) mass is 1930 g/mol. The number of amides is 2. The Kier molecular flexibility index (Phi) is 38.3. The van der Waals surface area contributed by atoms with Gasteiger partial charge in [-0.25, -0.2) is 8.78 Å². The molecule has 6 fully saturated rings. The Balaban J connectivity index is 0.000000194. The van der Waals surface area contributed by atoms with Gasteiger partial charge >= 0.3 is 0 Å². The van der Waals surface area contributed by atoms with Gasteiger partial charge in [-0.05, 0) is 209 Å². The number of quaternary nitrogens is 2. The molecule has 116 heavy (non-hydrogen) atoms. The molecule has 13 nitrogen and oxygen atoms in total. The molecule has 7 aromatic rings. The normalized spacial score (nSPS) is 18.7. The van der Waals surface area contributed by atoms with Gasteiger partial charge in [0.15, 0.2) is 17.3 Å². The van der Waals surface area contributed by atoms with Gasteiger partial charge in [0.25, 0.3) is 11.8 Å². The topological polar surface area (TPSA) is 235 Å². The van der Waals surface area contributed by atoms with E-state index in [9.17, 15) is 48.1 Å². The minimum Gasteiger partial charge on any atom is -1.00 e. The van der Waals surface area contributed by atoms with E-state index in [1.807, 2.05) is 79.1 Å². The molecule has 2 amide bonds. The highest BCUT2D eigenvalue weighted by atomic mass is 79.9. The van der Waals surface area contributed by atoms with Crippen molar-refractivity contribution < 1.29 is 83.5 Å². The van der Waals surface area contributed by atoms with Gasteiger partial charge < -0.3 is 62.2 Å². The predicted octanol–water partition coefficient (Wildman–Crippen LogP) is 13.7. The zero-order valence-corrected chi connectivity index (χ0v) is 76.2. The van der Waals surface area contributed by atoms with Crippen molar-refractivity contribution in [1.82, 2.24) is 4.90 Å². The number of hydrogen-bond donors (Lipinski definition) is 7. The summed E-state index contributed by atoms with van der Waals surface area (Å²) in [5, 5.41) is 41.3. The summed E-state index contributed by atoms with van der Waals surface area (Å²) in [6, 6.07) is 39.2. The molecule has 14 rings (SSSR count). The molecule has 6 saturated carbocycles. The van der Waals surface area contributed by atoms with Crippen LogP contribution >= 0.6 is 155 Å². The summed E-state index contributed by atoms with van der Waals surface area (Å²) >= 11 is 75.0. The summed E-state index contributed by atoms with van der Waals surface area (Å²) in [6.07, 6.45) is 15.4. The SMILES string of the molecule is CC(CF)[NH2+]CC(O)C1(c2ccc(Cl)c(Cl)c2)CCC1.CC(CF)[NH2+]CC(O)C1(c2ccc(Cl)c(Cl)c2)CCC1.NCC(=O)C1(c2ccc(Cl)c(Cl)c2)CCC1.NCC(O)C1(c2ccc(Cl)c(Cl)c2)CCC1.O=C(CBr)C1(c2ccc(Cl)c(Cl)c2)CCC1.O=C1c2ccccc2C(=O)N1CC(=O)C1(c2ccc(Cl)c(Cl)c2)CCC1.[Cl-].[Cl-]. The van der Waals surface area contributed by atoms with Crippen LogP contribution in [0.1, 0.15) is 184 Å². The number of benzene rings is 7. The number of imide groups is 1. The lowest BCUT2D eigenvalue weighted by Gasteiger charge is -2.46. The summed E-state index contributed by atoms with van der Waals surface area (Å²) in [4.78, 5) is 63.1. The average molecular weight is 1940 g/mol. The molecule has 0 saturated heterocycles. The minimum absolute atomic E-state index is 0. The maximum atomic E-state index is 13.1. The number of aliphatic hydroxyl groups is 3. The number of ketones is 3. The van der Waals surface area contributed by atoms with Crippen molar-refractivity contribution in [3.8, 4) is 0 Å². The van der Waals surface area contributed by atoms with E-state index in [1.54, 1.807) is 78.9 Å². The number of Topliss-reactive ketones (excluding diaryl/α,β-unsaturated/α-hetero) is 3. The fraction of sp³-hybridized carbons (Fsp3) is 0.453. The molecule has 0 bridgehead atoms. The number of carbonyl (C=O) groups excluding carboxylic acids is 5. The van der Waals surface area contributed by atoms with Crippen LogP contribution in [0, 0.1) is 0 Å². The van der Waals surface area contributed by atoms with Gasteiger partial charge in [0.1, 0.15) is 50.7 Å². The zero-order chi connectivity index (χ0) is 83.3. The molecule has 5 unspecified atom stereocenters. The largest absolute Gasteiger partial charge is 1.00 e. The van der Waals surface area contributed by atoms with E-state index < -0.39 is 41.0 Å². The first-order chi connectivity index (χ1) is 54.2. The van der Waals surface area contributed by atoms with Crippen molar-refractivity contribution in [3.05, 3.63) is 238 Å². The molecule has 0 aromatic heterocycles. The lowest BCUT2D eigenvalue weighted by atomic mass is 9.61. The zero-order valence-electron chi connectivity index (χ0n) is 64.0. The summed E-state index contributed by atoms with van der Waals surface area (Å²) in [5.74, 6) is -0.643. The maximum absolute atomic E-state index is 13.1. The second-order valence-electron chi connectivity index (χ2n) is 30.9. The number of alkyl halides is 3. The van der Waals surface area contributed by atoms with E-state index in [2.05, 4.69) is 15.9 Å². The molecular weight excluding hydrogens is 1850 g/mol. The highest BCUT2D eigenvalue weighted by molar-refractivity contribution is 9.09. The Hall–Kier alpha value is -3.19. The Morgan fingerprint density at radius 2 is 0.664 bits per heavy atom. The average Bonchev–Trinajstić information content (AvgIpc) is 1.66. The maximum Gasteiger partial charge on any atom is 0.261 e. The van der Waals surface area contributed by atoms with Crippen LogP contribution in [0.15, 0.2) is 133 Å². The van der Waals surface area contributed by atoms with Crippen LogP contribution in [0.4, 0.5) is 8.78 Å². The van der Waals surface area contributed by atoms with Crippen LogP contribution in [-0.4, -0.2) is 131 Å². The predicted molar refractivity (Wildman–Crippen MR) is 463 cm³/mol. The summed E-state index contributed by atoms with van der Waals surface area (Å²) < 4.78 is 25.0. The van der Waals surface area contributed by atoms with Crippen molar-refractivity contribution in [2.75, 3.05) is 51.4 Å². The number of carbonyl (C=O) groups is 5. The quantitative estimate of drug-likeness (QED) is 0.0211. The van der Waals surface area contributed by atoms with E-state index >= 15 is 0 Å². The van der Waals surface area contributed by atoms with Gasteiger partial charge in [-0.2, -0.15) is 0 Å². The van der Waals surface area contributed by atoms with Crippen molar-refractivity contribution in [2.45, 2.75) is 192 Å². The number of halogens is 17. The second-order valence-corrected chi connectivity index (χ2v) is 36.4. The Morgan fingerprint density at radius 1 is 0.405 bits per heavy atom. The van der Waals surface area contributed by atoms with Crippen LogP contribution in [0.5, 0.6) is 0 Å². The third-order valence-electron chi connectivity index (χ3n) is 24.5. The lowest BCUT2D eigenvalue weighted by molar-refractivity contribution is -0.693. The minimum atomic E-state index is -0.705. The Labute approximate surface area is 759 Å². The molecule has 30 heteroatoms. The number of fused-ring (bicyclic) bond motifs is 1. The third kappa shape index (κ3) is 22.1. The van der Waals surface area contributed by atoms with Crippen molar-refractivity contribution in [2.24, 2.45) is 11.5 Å². The van der Waals surface area contributed by atoms with E-state index in [1.165, 1.54) is 0 Å². The first kappa shape index (κ1) is 99.9. The summed E-state index contributed by atoms with van der Waals surface area (Å²) in [6.45, 7) is 4.02. The van der Waals surface area contributed by atoms with Gasteiger partial charge in [-0.3, -0.25) is 28.9 Å². The van der Waals surface area contributed by atoms with Crippen LogP contribution in [0.25, 0.3) is 0 Å². The standard InChI is InChI=1S/C20H15Cl2NO3.2C15H20Cl2FNO.C12H11BrCl2O.C12H15Cl2NO.C12H13Cl2NO.2ClH/c21-15-7-6-12(10-16(15)22)20(8-3-9-20)17(24)11-23-18(25)13-4-1-2-5-14(13)19(23)26;2*1-10(8-18)19-9-14(20)15(5-2-6-15)11-3-4-12(16)13(17)7-11;13-7-11(16)12(4-1-5-12)8-2-3-9(14)10(15)6-8;2*13-9-3-2-8(6-10(9)14)12(4-1-5-12)11(16)7-15;;/h1-2,4-7,10H,3,8-9,11H2;2*3-4,7,10,14,19-20H,2,5-6,8-9H2,1H3;2-3,6H,1,4-5,7H2;2-3,6,11,16H,1,4-5,7,15H2;2-3,6H,1,4-5,7,15H2;2*1H. The van der Waals surface area contributed by atoms with Gasteiger partial charge in [0.2, 0.25) is 0 Å². The van der Waals surface area contributed by atoms with Crippen LogP contribution < -0.4 is 46.9 Å². The molecule has 5 atom stereocenters. The number of aliphatic hydroxyl groups excluding tert-OH is 3. The van der Waals surface area contributed by atoms with Crippen molar-refractivity contribution in [3.63, 3.8) is 0 Å². The van der Waals surface area contributed by atoms with E-state index in [0.717, 1.165) is 141 Å². The van der Waals surface area contributed by atoms with Crippen molar-refractivity contribution in [1.29, 1.82) is 0 Å². The van der Waals surface area contributed by atoms with E-state index in [-0.39, 0.29) is 109 Å². The number of nitrogens with zero attached hydrogens (tertiary/aromatic N) is 1. The van der Waals surface area contributed by atoms with E-state index in [0.29, 0.717) is 103 Å². The molecule has 1 aliphatic heterocycles. The second kappa shape index (κ2) is 44.4. The van der Waals surface area contributed by atoms with Crippen LogP contribution in [0.2, 0.25) is 60.3 Å². The number of nitrogens with two attached hydrogens (primary N) is 4. The summed E-state index contributed by atoms with van der Waals surface area (Å²) in [5.41, 5.74) is 15.4. The van der Waals surface area contributed by atoms with Crippen LogP contribution in [0.3, 0.4) is 0 Å². The molecule has 6 aliphatic carbocycles. The fourth-order valence-corrected chi connectivity index (χ4v) is 18.5. The third-order valence-corrected chi connectivity index (χ3v) is 29.4. The lowest BCUT2D eigenvalue weighted by Crippen LogP contribution is -3.00. The molecule has 632 valence electrons.